The van der Waals surface area contributed by atoms with Gasteiger partial charge in [-0.3, -0.25) is 14.7 Å². The van der Waals surface area contributed by atoms with Crippen molar-refractivity contribution in [3.8, 4) is 5.75 Å². The van der Waals surface area contributed by atoms with Gasteiger partial charge in [0, 0.05) is 31.2 Å². The molecule has 0 saturated heterocycles. The third-order valence-corrected chi connectivity index (χ3v) is 5.29. The predicted octanol–water partition coefficient (Wildman–Crippen LogP) is 2.60. The number of nitrogens with one attached hydrogen (secondary N) is 2. The fourth-order valence-electron chi connectivity index (χ4n) is 3.63. The minimum absolute atomic E-state index is 0. The Bertz CT molecular complexity index is 1260. The van der Waals surface area contributed by atoms with E-state index in [1.165, 1.54) is 4.90 Å². The molecule has 32 heavy (non-hydrogen) atoms. The molecule has 2 aromatic carbocycles. The van der Waals surface area contributed by atoms with E-state index >= 15 is 0 Å². The van der Waals surface area contributed by atoms with E-state index in [4.69, 9.17) is 4.74 Å². The van der Waals surface area contributed by atoms with Gasteiger partial charge in [0.25, 0.3) is 11.8 Å². The Morgan fingerprint density at radius 3 is 2.91 bits per heavy atom. The number of H-pyrrole nitrogens is 1. The van der Waals surface area contributed by atoms with E-state index in [0.29, 0.717) is 18.0 Å². The first kappa shape index (κ1) is 21.1. The lowest BCUT2D eigenvalue weighted by Gasteiger charge is -2.20. The highest BCUT2D eigenvalue weighted by molar-refractivity contribution is 6.04. The zero-order chi connectivity index (χ0) is 21.4. The van der Waals surface area contributed by atoms with Crippen molar-refractivity contribution in [2.75, 3.05) is 18.6 Å². The van der Waals surface area contributed by atoms with E-state index in [9.17, 15) is 9.59 Å². The topological polar surface area (TPSA) is 105 Å². The fraction of sp³-hybridized carbons (Fsp3) is 0.217. The smallest absolute Gasteiger partial charge is 0.272 e. The van der Waals surface area contributed by atoms with Gasteiger partial charge in [-0.25, -0.2) is 4.98 Å². The first-order valence-corrected chi connectivity index (χ1v) is 9.82. The highest BCUT2D eigenvalue weighted by Crippen LogP contribution is 2.34. The third kappa shape index (κ3) is 3.92. The summed E-state index contributed by atoms with van der Waals surface area (Å²) in [6.45, 7) is 0.624. The summed E-state index contributed by atoms with van der Waals surface area (Å²) < 4.78 is 7.68. The lowest BCUT2D eigenvalue weighted by atomic mass is 10.2. The van der Waals surface area contributed by atoms with Gasteiger partial charge in [0.05, 0.1) is 23.7 Å². The molecule has 5 rings (SSSR count). The van der Waals surface area contributed by atoms with E-state index in [0.717, 1.165) is 16.5 Å². The molecule has 9 heteroatoms. The number of hydrogen-bond acceptors (Lipinski definition) is 5. The number of benzene rings is 2. The number of anilines is 1. The van der Waals surface area contributed by atoms with E-state index in [1.807, 2.05) is 41.0 Å². The van der Waals surface area contributed by atoms with Crippen LogP contribution in [0.2, 0.25) is 0 Å². The summed E-state index contributed by atoms with van der Waals surface area (Å²) >= 11 is 0. The van der Waals surface area contributed by atoms with Crippen molar-refractivity contribution in [1.29, 1.82) is 0 Å². The normalized spacial score (nSPS) is 15.5. The van der Waals surface area contributed by atoms with Gasteiger partial charge in [0.2, 0.25) is 0 Å². The molecule has 0 unspecified atom stereocenters. The quantitative estimate of drug-likeness (QED) is 0.516. The Morgan fingerprint density at radius 2 is 2.09 bits per heavy atom. The third-order valence-electron chi connectivity index (χ3n) is 5.29. The lowest BCUT2D eigenvalue weighted by Crippen LogP contribution is -2.49. The van der Waals surface area contributed by atoms with Crippen molar-refractivity contribution in [2.24, 2.45) is 0 Å². The van der Waals surface area contributed by atoms with Crippen molar-refractivity contribution in [1.82, 2.24) is 25.1 Å². The number of amides is 2. The number of rotatable bonds is 4. The van der Waals surface area contributed by atoms with Crippen molar-refractivity contribution in [3.05, 3.63) is 72.4 Å². The van der Waals surface area contributed by atoms with Crippen LogP contribution < -0.4 is 15.0 Å². The van der Waals surface area contributed by atoms with Gasteiger partial charge in [-0.15, -0.1) is 0 Å². The number of hydrogen-bond donors (Lipinski definition) is 2. The Morgan fingerprint density at radius 1 is 1.28 bits per heavy atom. The summed E-state index contributed by atoms with van der Waals surface area (Å²) in [5.41, 5.74) is 2.78. The average molecular weight is 432 g/mol. The van der Waals surface area contributed by atoms with Crippen LogP contribution in [0.1, 0.15) is 23.5 Å². The molecule has 0 bridgehead atoms. The highest BCUT2D eigenvalue weighted by Gasteiger charge is 2.31. The highest BCUT2D eigenvalue weighted by atomic mass is 16.5. The maximum atomic E-state index is 13.0. The Balaban J connectivity index is 0.00000245. The van der Waals surface area contributed by atoms with E-state index < -0.39 is 11.9 Å². The van der Waals surface area contributed by atoms with Crippen LogP contribution in [0.4, 0.5) is 5.69 Å². The zero-order valence-electron chi connectivity index (χ0n) is 16.8. The number of aromatic amines is 1. The zero-order valence-corrected chi connectivity index (χ0v) is 16.8. The molecule has 2 amide bonds. The summed E-state index contributed by atoms with van der Waals surface area (Å²) in [7, 11) is 1.66. The maximum absolute atomic E-state index is 13.0. The summed E-state index contributed by atoms with van der Waals surface area (Å²) in [5.74, 6) is -0.139. The largest absolute Gasteiger partial charge is 0.489 e. The average Bonchev–Trinajstić information content (AvgIpc) is 3.42. The molecule has 0 spiro atoms. The van der Waals surface area contributed by atoms with Crippen LogP contribution >= 0.6 is 0 Å². The standard InChI is InChI=1S/C22H20N6O3.CH4/c1-27-19-7-15-9-24-26-16(15)8-20(19)31-12-18(22(27)30)25-21(29)17-11-28(13-23-17)10-14-5-3-2-4-6-14;/h2-9,11,13,18H,10,12H2,1H3,(H,24,26)(H,25,29);1H4/t18-;/m0./s1. The molecule has 3 heterocycles. The molecular weight excluding hydrogens is 408 g/mol. The Labute approximate surface area is 185 Å². The number of likely N-dealkylation sites (N-methyl/N-ethyl adjacent to an activating group) is 1. The van der Waals surface area contributed by atoms with Gasteiger partial charge >= 0.3 is 0 Å². The minimum atomic E-state index is -0.833. The van der Waals surface area contributed by atoms with Gasteiger partial charge < -0.3 is 19.5 Å². The summed E-state index contributed by atoms with van der Waals surface area (Å²) in [5, 5.41) is 10.5. The Hall–Kier alpha value is -4.14. The molecule has 9 nitrogen and oxygen atoms in total. The van der Waals surface area contributed by atoms with Crippen LogP contribution in [-0.4, -0.2) is 51.3 Å². The number of carbonyl (C=O) groups is 2. The molecule has 0 aliphatic carbocycles. The molecule has 1 aliphatic heterocycles. The number of carbonyl (C=O) groups excluding carboxylic acids is 2. The molecule has 2 N–H and O–H groups in total. The number of nitrogens with zero attached hydrogens (tertiary/aromatic N) is 4. The van der Waals surface area contributed by atoms with Crippen molar-refractivity contribution in [3.63, 3.8) is 0 Å². The van der Waals surface area contributed by atoms with Crippen LogP contribution in [0.15, 0.2) is 61.2 Å². The van der Waals surface area contributed by atoms with E-state index in [1.54, 1.807) is 31.8 Å². The molecule has 164 valence electrons. The van der Waals surface area contributed by atoms with Gasteiger partial charge in [0.1, 0.15) is 24.1 Å². The van der Waals surface area contributed by atoms with E-state index in [-0.39, 0.29) is 25.6 Å². The first-order valence-electron chi connectivity index (χ1n) is 9.82. The SMILES string of the molecule is C.CN1C(=O)[C@@H](NC(=O)c2cn(Cc3ccccc3)cn2)COc2cc3[nH]ncc3cc21. The fourth-order valence-corrected chi connectivity index (χ4v) is 3.63. The first-order chi connectivity index (χ1) is 15.1. The molecule has 2 aromatic heterocycles. The van der Waals surface area contributed by atoms with Gasteiger partial charge in [0.15, 0.2) is 0 Å². The molecule has 4 aromatic rings. The van der Waals surface area contributed by atoms with Crippen molar-refractivity contribution < 1.29 is 14.3 Å². The summed E-state index contributed by atoms with van der Waals surface area (Å²) in [6, 6.07) is 12.7. The van der Waals surface area contributed by atoms with Crippen molar-refractivity contribution >= 4 is 28.4 Å². The number of fused-ring (bicyclic) bond motifs is 2. The second-order valence-electron chi connectivity index (χ2n) is 7.43. The second kappa shape index (κ2) is 8.54. The van der Waals surface area contributed by atoms with Gasteiger partial charge in [-0.2, -0.15) is 5.10 Å². The number of imidazole rings is 1. The van der Waals surface area contributed by atoms with Crippen LogP contribution in [0, 0.1) is 0 Å². The van der Waals surface area contributed by atoms with Crippen LogP contribution in [0.25, 0.3) is 10.9 Å². The summed E-state index contributed by atoms with van der Waals surface area (Å²) in [4.78, 5) is 31.4. The Kier molecular flexibility index (Phi) is 5.63. The molecule has 0 radical (unpaired) electrons. The van der Waals surface area contributed by atoms with Crippen LogP contribution in [0.3, 0.4) is 0 Å². The van der Waals surface area contributed by atoms with Crippen molar-refractivity contribution in [2.45, 2.75) is 20.0 Å². The lowest BCUT2D eigenvalue weighted by molar-refractivity contribution is -0.120. The van der Waals surface area contributed by atoms with Crippen LogP contribution in [0.5, 0.6) is 5.75 Å². The van der Waals surface area contributed by atoms with E-state index in [2.05, 4.69) is 20.5 Å². The number of ether oxygens (including phenoxy) is 1. The molecule has 0 saturated carbocycles. The van der Waals surface area contributed by atoms with Crippen LogP contribution in [-0.2, 0) is 11.3 Å². The molecular formula is C23H24N6O3. The van der Waals surface area contributed by atoms with Gasteiger partial charge in [-0.1, -0.05) is 37.8 Å². The monoisotopic (exact) mass is 432 g/mol. The minimum Gasteiger partial charge on any atom is -0.489 e. The molecule has 0 fully saturated rings. The molecule has 1 aliphatic rings. The summed E-state index contributed by atoms with van der Waals surface area (Å²) in [6.07, 6.45) is 4.95. The predicted molar refractivity (Wildman–Crippen MR) is 121 cm³/mol. The number of aromatic nitrogens is 4. The maximum Gasteiger partial charge on any atom is 0.272 e. The van der Waals surface area contributed by atoms with Gasteiger partial charge in [-0.05, 0) is 11.6 Å². The molecule has 1 atom stereocenters. The second-order valence-corrected chi connectivity index (χ2v) is 7.43.